The van der Waals surface area contributed by atoms with Gasteiger partial charge in [0, 0.05) is 31.0 Å². The molecule has 1 aliphatic rings. The van der Waals surface area contributed by atoms with Crippen molar-refractivity contribution in [1.29, 1.82) is 0 Å². The number of nitrogens with zero attached hydrogens (tertiary/aromatic N) is 2. The van der Waals surface area contributed by atoms with Crippen LogP contribution in [0.2, 0.25) is 0 Å². The van der Waals surface area contributed by atoms with Gasteiger partial charge in [0.15, 0.2) is 0 Å². The van der Waals surface area contributed by atoms with Crippen molar-refractivity contribution in [3.8, 4) is 16.9 Å². The molecule has 1 fully saturated rings. The van der Waals surface area contributed by atoms with Crippen molar-refractivity contribution in [2.45, 2.75) is 64.9 Å². The molecule has 0 N–H and O–H groups in total. The van der Waals surface area contributed by atoms with E-state index in [1.165, 1.54) is 13.5 Å². The van der Waals surface area contributed by atoms with E-state index >= 15 is 0 Å². The minimum atomic E-state index is -0.462. The number of aromatic nitrogens is 1. The second kappa shape index (κ2) is 12.6. The molecule has 7 heteroatoms. The summed E-state index contributed by atoms with van der Waals surface area (Å²) in [4.78, 5) is 30.5. The van der Waals surface area contributed by atoms with Crippen LogP contribution in [-0.2, 0) is 9.47 Å². The van der Waals surface area contributed by atoms with Gasteiger partial charge in [-0.25, -0.2) is 9.59 Å². The van der Waals surface area contributed by atoms with Crippen LogP contribution in [0, 0.1) is 5.92 Å². The molecule has 0 aliphatic carbocycles. The fourth-order valence-electron chi connectivity index (χ4n) is 4.33. The maximum absolute atomic E-state index is 12.4. The number of hydrogen-bond acceptors (Lipinski definition) is 6. The standard InChI is InChI=1S/C28H38N2O5/c1-28(2,3)35-27(32)30-17-6-5-8-21(15-18-30)9-7-19-34-23-12-10-22(11-13-23)25-20-29-16-14-24(25)26(31)33-4/h10-14,16,20-21H,5-9,15,17-19H2,1-4H3. The van der Waals surface area contributed by atoms with Gasteiger partial charge in [-0.15, -0.1) is 0 Å². The maximum atomic E-state index is 12.4. The van der Waals surface area contributed by atoms with Crippen LogP contribution in [0.4, 0.5) is 4.79 Å². The minimum Gasteiger partial charge on any atom is -0.494 e. The highest BCUT2D eigenvalue weighted by Crippen LogP contribution is 2.27. The molecular weight excluding hydrogens is 444 g/mol. The number of amides is 1. The predicted octanol–water partition coefficient (Wildman–Crippen LogP) is 6.12. The van der Waals surface area contributed by atoms with Crippen LogP contribution < -0.4 is 4.74 Å². The highest BCUT2D eigenvalue weighted by molar-refractivity contribution is 5.96. The van der Waals surface area contributed by atoms with Crippen LogP contribution in [0.25, 0.3) is 11.1 Å². The molecule has 3 rings (SSSR count). The van der Waals surface area contributed by atoms with Crippen molar-refractivity contribution in [3.63, 3.8) is 0 Å². The lowest BCUT2D eigenvalue weighted by atomic mass is 9.92. The molecular formula is C28H38N2O5. The Bertz CT molecular complexity index is 968. The number of methoxy groups -OCH3 is 1. The summed E-state index contributed by atoms with van der Waals surface area (Å²) in [5, 5.41) is 0. The number of likely N-dealkylation sites (tertiary alicyclic amines) is 1. The topological polar surface area (TPSA) is 78.0 Å². The van der Waals surface area contributed by atoms with Crippen LogP contribution in [-0.4, -0.2) is 54.4 Å². The van der Waals surface area contributed by atoms with Gasteiger partial charge < -0.3 is 19.1 Å². The Morgan fingerprint density at radius 3 is 2.54 bits per heavy atom. The van der Waals surface area contributed by atoms with E-state index in [4.69, 9.17) is 14.2 Å². The molecule has 0 bridgehead atoms. The predicted molar refractivity (Wildman–Crippen MR) is 136 cm³/mol. The van der Waals surface area contributed by atoms with Crippen molar-refractivity contribution in [2.75, 3.05) is 26.8 Å². The molecule has 0 saturated carbocycles. The van der Waals surface area contributed by atoms with E-state index in [2.05, 4.69) is 4.98 Å². The summed E-state index contributed by atoms with van der Waals surface area (Å²) < 4.78 is 16.4. The van der Waals surface area contributed by atoms with Crippen LogP contribution >= 0.6 is 0 Å². The average molecular weight is 483 g/mol. The van der Waals surface area contributed by atoms with E-state index in [-0.39, 0.29) is 12.1 Å². The first-order valence-corrected chi connectivity index (χ1v) is 12.5. The van der Waals surface area contributed by atoms with Gasteiger partial charge in [0.1, 0.15) is 11.4 Å². The zero-order valence-electron chi connectivity index (χ0n) is 21.4. The van der Waals surface area contributed by atoms with Crippen LogP contribution in [0.5, 0.6) is 5.75 Å². The number of pyridine rings is 1. The first-order valence-electron chi connectivity index (χ1n) is 12.5. The van der Waals surface area contributed by atoms with Gasteiger partial charge in [-0.2, -0.15) is 0 Å². The van der Waals surface area contributed by atoms with Crippen molar-refractivity contribution in [2.24, 2.45) is 5.92 Å². The maximum Gasteiger partial charge on any atom is 0.410 e. The molecule has 1 aromatic carbocycles. The summed E-state index contributed by atoms with van der Waals surface area (Å²) in [6.07, 6.45) is 9.45. The zero-order chi connectivity index (χ0) is 25.3. The molecule has 2 heterocycles. The summed E-state index contributed by atoms with van der Waals surface area (Å²) in [6.45, 7) is 7.90. The van der Waals surface area contributed by atoms with Crippen molar-refractivity contribution in [3.05, 3.63) is 48.3 Å². The smallest absolute Gasteiger partial charge is 0.410 e. The van der Waals surface area contributed by atoms with E-state index in [0.29, 0.717) is 18.1 Å². The lowest BCUT2D eigenvalue weighted by molar-refractivity contribution is 0.0222. The highest BCUT2D eigenvalue weighted by Gasteiger charge is 2.24. The molecule has 2 aromatic rings. The van der Waals surface area contributed by atoms with Gasteiger partial charge in [-0.3, -0.25) is 4.98 Å². The third kappa shape index (κ3) is 8.26. The fraction of sp³-hybridized carbons (Fsp3) is 0.536. The minimum absolute atomic E-state index is 0.199. The molecule has 1 aromatic heterocycles. The largest absolute Gasteiger partial charge is 0.494 e. The summed E-state index contributed by atoms with van der Waals surface area (Å²) in [5.74, 6) is 1.01. The molecule has 1 saturated heterocycles. The van der Waals surface area contributed by atoms with E-state index < -0.39 is 5.60 Å². The number of ether oxygens (including phenoxy) is 3. The zero-order valence-corrected chi connectivity index (χ0v) is 21.4. The Kier molecular flexibility index (Phi) is 9.52. The number of carbonyl (C=O) groups excluding carboxylic acids is 2. The molecule has 1 amide bonds. The first kappa shape index (κ1) is 26.5. The molecule has 1 aliphatic heterocycles. The second-order valence-electron chi connectivity index (χ2n) is 10.0. The fourth-order valence-corrected chi connectivity index (χ4v) is 4.33. The number of hydrogen-bond donors (Lipinski definition) is 0. The third-order valence-electron chi connectivity index (χ3n) is 6.17. The van der Waals surface area contributed by atoms with Gasteiger partial charge in [0.2, 0.25) is 0 Å². The summed E-state index contributed by atoms with van der Waals surface area (Å²) >= 11 is 0. The highest BCUT2D eigenvalue weighted by atomic mass is 16.6. The molecule has 0 radical (unpaired) electrons. The Hall–Kier alpha value is -3.09. The molecule has 1 atom stereocenters. The molecule has 7 nitrogen and oxygen atoms in total. The molecule has 35 heavy (non-hydrogen) atoms. The number of benzene rings is 1. The van der Waals surface area contributed by atoms with Crippen molar-refractivity contribution in [1.82, 2.24) is 9.88 Å². The lowest BCUT2D eigenvalue weighted by Crippen LogP contribution is -2.39. The van der Waals surface area contributed by atoms with Crippen molar-refractivity contribution >= 4 is 12.1 Å². The summed E-state index contributed by atoms with van der Waals surface area (Å²) in [7, 11) is 1.37. The van der Waals surface area contributed by atoms with E-state index in [1.54, 1.807) is 18.5 Å². The molecule has 1 unspecified atom stereocenters. The van der Waals surface area contributed by atoms with Crippen LogP contribution in [0.15, 0.2) is 42.7 Å². The van der Waals surface area contributed by atoms with E-state index in [0.717, 1.165) is 62.1 Å². The number of rotatable bonds is 7. The number of carbonyl (C=O) groups is 2. The summed E-state index contributed by atoms with van der Waals surface area (Å²) in [6, 6.07) is 9.35. The van der Waals surface area contributed by atoms with Crippen LogP contribution in [0.3, 0.4) is 0 Å². The summed E-state index contributed by atoms with van der Waals surface area (Å²) in [5.41, 5.74) is 1.64. The third-order valence-corrected chi connectivity index (χ3v) is 6.17. The Morgan fingerprint density at radius 2 is 1.83 bits per heavy atom. The Balaban J connectivity index is 1.45. The quantitative estimate of drug-likeness (QED) is 0.349. The van der Waals surface area contributed by atoms with Gasteiger partial charge >= 0.3 is 12.1 Å². The van der Waals surface area contributed by atoms with Gasteiger partial charge in [-0.1, -0.05) is 25.0 Å². The lowest BCUT2D eigenvalue weighted by Gasteiger charge is -2.30. The molecule has 0 spiro atoms. The van der Waals surface area contributed by atoms with Crippen LogP contribution in [0.1, 0.15) is 69.7 Å². The SMILES string of the molecule is COC(=O)c1ccncc1-c1ccc(OCCCC2CCCCN(C(=O)OC(C)(C)C)CC2)cc1. The number of esters is 1. The Labute approximate surface area is 208 Å². The van der Waals surface area contributed by atoms with Gasteiger partial charge in [0.05, 0.1) is 19.3 Å². The first-order chi connectivity index (χ1) is 16.8. The average Bonchev–Trinajstić information content (AvgIpc) is 2.82. The molecule has 190 valence electrons. The van der Waals surface area contributed by atoms with E-state index in [9.17, 15) is 9.59 Å². The Morgan fingerprint density at radius 1 is 1.06 bits per heavy atom. The normalized spacial score (nSPS) is 16.7. The second-order valence-corrected chi connectivity index (χ2v) is 10.0. The van der Waals surface area contributed by atoms with Gasteiger partial charge in [-0.05, 0) is 76.1 Å². The monoisotopic (exact) mass is 482 g/mol. The van der Waals surface area contributed by atoms with E-state index in [1.807, 2.05) is 49.9 Å². The van der Waals surface area contributed by atoms with Crippen molar-refractivity contribution < 1.29 is 23.8 Å². The van der Waals surface area contributed by atoms with Gasteiger partial charge in [0.25, 0.3) is 0 Å².